The van der Waals surface area contributed by atoms with Gasteiger partial charge in [-0.3, -0.25) is 4.68 Å². The Morgan fingerprint density at radius 2 is 1.75 bits per heavy atom. The summed E-state index contributed by atoms with van der Waals surface area (Å²) < 4.78 is 7.58. The molecule has 20 heavy (non-hydrogen) atoms. The molecule has 0 amide bonds. The number of hydrogen-bond donors (Lipinski definition) is 1. The molecule has 6 heteroatoms. The Kier molecular flexibility index (Phi) is 2.78. The first-order chi connectivity index (χ1) is 9.56. The zero-order valence-corrected chi connectivity index (χ0v) is 11.6. The van der Waals surface area contributed by atoms with Gasteiger partial charge in [0.25, 0.3) is 5.88 Å². The molecule has 0 aliphatic rings. The summed E-state index contributed by atoms with van der Waals surface area (Å²) in [5.41, 5.74) is 9.11. The molecule has 2 N–H and O–H groups in total. The van der Waals surface area contributed by atoms with Gasteiger partial charge in [-0.05, 0) is 26.0 Å². The smallest absolute Gasteiger partial charge is 0.263 e. The van der Waals surface area contributed by atoms with Crippen LogP contribution in [0.3, 0.4) is 0 Å². The third kappa shape index (κ3) is 1.95. The third-order valence-corrected chi connectivity index (χ3v) is 3.21. The predicted molar refractivity (Wildman–Crippen MR) is 76.7 cm³/mol. The molecule has 6 nitrogen and oxygen atoms in total. The minimum atomic E-state index is 0.270. The molecule has 0 bridgehead atoms. The van der Waals surface area contributed by atoms with E-state index in [1.807, 2.05) is 45.2 Å². The molecule has 0 aliphatic heterocycles. The first kappa shape index (κ1) is 12.4. The van der Waals surface area contributed by atoms with Crippen molar-refractivity contribution < 1.29 is 4.74 Å². The Labute approximate surface area is 116 Å². The van der Waals surface area contributed by atoms with Crippen LogP contribution in [0.5, 0.6) is 11.6 Å². The largest absolute Gasteiger partial charge is 0.432 e. The number of aryl methyl sites for hydroxylation is 2. The second-order valence-corrected chi connectivity index (χ2v) is 4.63. The van der Waals surface area contributed by atoms with Crippen LogP contribution in [-0.4, -0.2) is 19.7 Å². The third-order valence-electron chi connectivity index (χ3n) is 3.21. The van der Waals surface area contributed by atoms with E-state index in [4.69, 9.17) is 10.5 Å². The maximum atomic E-state index is 5.92. The maximum Gasteiger partial charge on any atom is 0.263 e. The molecule has 102 valence electrons. The number of fused-ring (bicyclic) bond motifs is 1. The zero-order chi connectivity index (χ0) is 14.3. The van der Waals surface area contributed by atoms with Gasteiger partial charge >= 0.3 is 0 Å². The summed E-state index contributed by atoms with van der Waals surface area (Å²) in [5.74, 6) is 1.25. The van der Waals surface area contributed by atoms with Crippen LogP contribution in [0.15, 0.2) is 24.3 Å². The van der Waals surface area contributed by atoms with Crippen LogP contribution in [0.4, 0.5) is 5.82 Å². The minimum absolute atomic E-state index is 0.270. The summed E-state index contributed by atoms with van der Waals surface area (Å²) >= 11 is 0. The van der Waals surface area contributed by atoms with E-state index in [0.717, 1.165) is 22.4 Å². The van der Waals surface area contributed by atoms with Crippen molar-refractivity contribution in [1.82, 2.24) is 19.7 Å². The number of anilines is 1. The molecule has 1 aromatic carbocycles. The number of hydrogen-bond acceptors (Lipinski definition) is 5. The molecule has 0 unspecified atom stereocenters. The van der Waals surface area contributed by atoms with Gasteiger partial charge in [-0.25, -0.2) is 9.97 Å². The maximum absolute atomic E-state index is 5.92. The number of ether oxygens (including phenoxy) is 1. The van der Waals surface area contributed by atoms with Crippen molar-refractivity contribution in [2.45, 2.75) is 13.8 Å². The second kappa shape index (κ2) is 4.48. The van der Waals surface area contributed by atoms with Gasteiger partial charge in [0, 0.05) is 7.05 Å². The van der Waals surface area contributed by atoms with Crippen LogP contribution in [-0.2, 0) is 7.05 Å². The van der Waals surface area contributed by atoms with E-state index < -0.39 is 0 Å². The molecular formula is C14H15N5O. The Bertz CT molecular complexity index is 794. The van der Waals surface area contributed by atoms with Gasteiger partial charge in [0.1, 0.15) is 5.69 Å². The lowest BCUT2D eigenvalue weighted by Gasteiger charge is -2.08. The fraction of sp³-hybridized carbons (Fsp3) is 0.214. The number of nitrogens with zero attached hydrogens (tertiary/aromatic N) is 4. The molecule has 0 saturated heterocycles. The van der Waals surface area contributed by atoms with Gasteiger partial charge < -0.3 is 10.5 Å². The first-order valence-corrected chi connectivity index (χ1v) is 6.26. The fourth-order valence-corrected chi connectivity index (χ4v) is 2.07. The van der Waals surface area contributed by atoms with Crippen molar-refractivity contribution in [2.75, 3.05) is 5.73 Å². The summed E-state index contributed by atoms with van der Waals surface area (Å²) in [6.45, 7) is 3.81. The average Bonchev–Trinajstić information content (AvgIpc) is 2.66. The molecule has 0 fully saturated rings. The lowest BCUT2D eigenvalue weighted by molar-refractivity contribution is 0.458. The van der Waals surface area contributed by atoms with Gasteiger partial charge in [-0.15, -0.1) is 0 Å². The SMILES string of the molecule is Cc1nn(C)c(C)c1Oc1nc2ccccc2nc1N. The number of nitrogens with two attached hydrogens (primary N) is 1. The van der Waals surface area contributed by atoms with Crippen LogP contribution in [0.1, 0.15) is 11.4 Å². The van der Waals surface area contributed by atoms with E-state index in [0.29, 0.717) is 11.6 Å². The van der Waals surface area contributed by atoms with E-state index >= 15 is 0 Å². The van der Waals surface area contributed by atoms with Gasteiger partial charge in [0.2, 0.25) is 0 Å². The summed E-state index contributed by atoms with van der Waals surface area (Å²) in [5, 5.41) is 4.30. The normalized spacial score (nSPS) is 10.9. The lowest BCUT2D eigenvalue weighted by Crippen LogP contribution is -2.00. The molecule has 2 heterocycles. The van der Waals surface area contributed by atoms with Crippen molar-refractivity contribution in [3.8, 4) is 11.6 Å². The highest BCUT2D eigenvalue weighted by molar-refractivity contribution is 5.76. The zero-order valence-electron chi connectivity index (χ0n) is 11.6. The van der Waals surface area contributed by atoms with E-state index in [1.54, 1.807) is 4.68 Å². The summed E-state index contributed by atoms with van der Waals surface area (Å²) in [6.07, 6.45) is 0. The molecule has 3 aromatic rings. The molecule has 0 radical (unpaired) electrons. The Balaban J connectivity index is 2.08. The van der Waals surface area contributed by atoms with E-state index in [1.165, 1.54) is 0 Å². The number of benzene rings is 1. The number of para-hydroxylation sites is 2. The van der Waals surface area contributed by atoms with Crippen LogP contribution >= 0.6 is 0 Å². The van der Waals surface area contributed by atoms with Gasteiger partial charge in [-0.2, -0.15) is 5.10 Å². The first-order valence-electron chi connectivity index (χ1n) is 6.26. The Hall–Kier alpha value is -2.63. The van der Waals surface area contributed by atoms with Crippen molar-refractivity contribution in [3.63, 3.8) is 0 Å². The highest BCUT2D eigenvalue weighted by Crippen LogP contribution is 2.30. The molecule has 0 spiro atoms. The van der Waals surface area contributed by atoms with Crippen molar-refractivity contribution in [1.29, 1.82) is 0 Å². The highest BCUT2D eigenvalue weighted by Gasteiger charge is 2.15. The van der Waals surface area contributed by atoms with E-state index in [9.17, 15) is 0 Å². The van der Waals surface area contributed by atoms with Crippen molar-refractivity contribution in [3.05, 3.63) is 35.7 Å². The Morgan fingerprint density at radius 3 is 2.35 bits per heavy atom. The molecule has 2 aromatic heterocycles. The summed E-state index contributed by atoms with van der Waals surface area (Å²) in [6, 6.07) is 7.53. The molecule has 0 atom stereocenters. The second-order valence-electron chi connectivity index (χ2n) is 4.63. The van der Waals surface area contributed by atoms with Crippen LogP contribution in [0, 0.1) is 13.8 Å². The topological polar surface area (TPSA) is 78.8 Å². The fourth-order valence-electron chi connectivity index (χ4n) is 2.07. The van der Waals surface area contributed by atoms with Gasteiger partial charge in [-0.1, -0.05) is 12.1 Å². The quantitative estimate of drug-likeness (QED) is 0.772. The van der Waals surface area contributed by atoms with Gasteiger partial charge in [0.05, 0.1) is 16.7 Å². The molecule has 3 rings (SSSR count). The standard InChI is InChI=1S/C14H15N5O/c1-8-12(9(2)19(3)18-8)20-14-13(15)16-10-6-4-5-7-11(10)17-14/h4-7H,1-3H3,(H2,15,16). The lowest BCUT2D eigenvalue weighted by atomic mass is 10.3. The van der Waals surface area contributed by atoms with Crippen LogP contribution < -0.4 is 10.5 Å². The van der Waals surface area contributed by atoms with Crippen molar-refractivity contribution in [2.24, 2.45) is 7.05 Å². The highest BCUT2D eigenvalue weighted by atomic mass is 16.5. The number of nitrogen functional groups attached to an aromatic ring is 1. The monoisotopic (exact) mass is 269 g/mol. The Morgan fingerprint density at radius 1 is 1.10 bits per heavy atom. The van der Waals surface area contributed by atoms with E-state index in [-0.39, 0.29) is 5.82 Å². The van der Waals surface area contributed by atoms with Crippen LogP contribution in [0.25, 0.3) is 11.0 Å². The van der Waals surface area contributed by atoms with Crippen molar-refractivity contribution >= 4 is 16.9 Å². The molecule has 0 aliphatic carbocycles. The molecule has 0 saturated carbocycles. The average molecular weight is 269 g/mol. The number of rotatable bonds is 2. The van der Waals surface area contributed by atoms with Gasteiger partial charge in [0.15, 0.2) is 11.6 Å². The predicted octanol–water partition coefficient (Wildman–Crippen LogP) is 2.35. The number of aromatic nitrogens is 4. The van der Waals surface area contributed by atoms with E-state index in [2.05, 4.69) is 15.1 Å². The summed E-state index contributed by atoms with van der Waals surface area (Å²) in [7, 11) is 1.87. The molecular weight excluding hydrogens is 254 g/mol. The minimum Gasteiger partial charge on any atom is -0.432 e. The van der Waals surface area contributed by atoms with Crippen LogP contribution in [0.2, 0.25) is 0 Å². The summed E-state index contributed by atoms with van der Waals surface area (Å²) in [4.78, 5) is 8.72.